The van der Waals surface area contributed by atoms with E-state index in [2.05, 4.69) is 61.0 Å². The van der Waals surface area contributed by atoms with Crippen LogP contribution in [0.1, 0.15) is 40.9 Å². The van der Waals surface area contributed by atoms with Crippen LogP contribution in [0.15, 0.2) is 36.4 Å². The van der Waals surface area contributed by atoms with Gasteiger partial charge in [0.05, 0.1) is 11.4 Å². The molecule has 0 saturated heterocycles. The minimum atomic E-state index is 0.0765. The van der Waals surface area contributed by atoms with E-state index in [1.165, 1.54) is 22.3 Å². The molecule has 0 saturated carbocycles. The van der Waals surface area contributed by atoms with E-state index in [0.29, 0.717) is 0 Å². The van der Waals surface area contributed by atoms with Gasteiger partial charge in [-0.15, -0.1) is 0 Å². The molecule has 0 amide bonds. The van der Waals surface area contributed by atoms with E-state index in [1.807, 2.05) is 12.1 Å². The molecule has 0 bridgehead atoms. The Hall–Kier alpha value is -0.990. The number of halogens is 2. The van der Waals surface area contributed by atoms with E-state index in [1.54, 1.807) is 0 Å². The third kappa shape index (κ3) is 2.72. The Morgan fingerprint density at radius 1 is 1.19 bits per heavy atom. The van der Waals surface area contributed by atoms with Gasteiger partial charge < -0.3 is 4.74 Å². The summed E-state index contributed by atoms with van der Waals surface area (Å²) in [6, 6.07) is 12.5. The summed E-state index contributed by atoms with van der Waals surface area (Å²) in [4.78, 5) is 0.163. The lowest BCUT2D eigenvalue weighted by Gasteiger charge is -2.18. The number of hydrogen-bond donors (Lipinski definition) is 0. The summed E-state index contributed by atoms with van der Waals surface area (Å²) in [7, 11) is 0. The Morgan fingerprint density at radius 2 is 1.95 bits per heavy atom. The maximum Gasteiger partial charge on any atom is 0.123 e. The van der Waals surface area contributed by atoms with Crippen molar-refractivity contribution < 1.29 is 4.74 Å². The summed E-state index contributed by atoms with van der Waals surface area (Å²) < 4.78 is 5.76. The molecule has 0 spiro atoms. The summed E-state index contributed by atoms with van der Waals surface area (Å²) in [5.74, 6) is 1.01. The molecule has 1 nitrogen and oxygen atoms in total. The quantitative estimate of drug-likeness (QED) is 0.611. The highest BCUT2D eigenvalue weighted by Crippen LogP contribution is 2.42. The maximum absolute atomic E-state index is 6.05. The summed E-state index contributed by atoms with van der Waals surface area (Å²) in [6.07, 6.45) is 0. The molecule has 3 rings (SSSR count). The number of rotatable bonds is 2. The van der Waals surface area contributed by atoms with Crippen molar-refractivity contribution in [3.63, 3.8) is 0 Å². The zero-order valence-corrected chi connectivity index (χ0v) is 14.8. The van der Waals surface area contributed by atoms with Crippen molar-refractivity contribution in [2.75, 3.05) is 6.61 Å². The summed E-state index contributed by atoms with van der Waals surface area (Å²) in [5, 5.41) is 0.777. The molecular weight excluding hydrogens is 348 g/mol. The number of alkyl halides is 1. The van der Waals surface area contributed by atoms with Crippen LogP contribution in [0.2, 0.25) is 5.02 Å². The molecule has 0 fully saturated rings. The van der Waals surface area contributed by atoms with E-state index in [-0.39, 0.29) is 10.2 Å². The van der Waals surface area contributed by atoms with Crippen molar-refractivity contribution in [2.45, 2.75) is 31.0 Å². The van der Waals surface area contributed by atoms with Crippen LogP contribution < -0.4 is 4.74 Å². The predicted molar refractivity (Wildman–Crippen MR) is 91.9 cm³/mol. The van der Waals surface area contributed by atoms with E-state index in [4.69, 9.17) is 16.3 Å². The highest BCUT2D eigenvalue weighted by atomic mass is 79.9. The maximum atomic E-state index is 6.05. The summed E-state index contributed by atoms with van der Waals surface area (Å²) in [5.41, 5.74) is 5.05. The van der Waals surface area contributed by atoms with Gasteiger partial charge in [-0.05, 0) is 47.9 Å². The average Bonchev–Trinajstić information content (AvgIpc) is 2.74. The lowest BCUT2D eigenvalue weighted by molar-refractivity contribution is 0.291. The van der Waals surface area contributed by atoms with Crippen LogP contribution in [-0.2, 0) is 5.41 Å². The summed E-state index contributed by atoms with van der Waals surface area (Å²) >= 11 is 9.88. The fraction of sp³-hybridized carbons (Fsp3) is 0.333. The van der Waals surface area contributed by atoms with Gasteiger partial charge in [0, 0.05) is 16.0 Å². The van der Waals surface area contributed by atoms with E-state index < -0.39 is 0 Å². The highest BCUT2D eigenvalue weighted by Gasteiger charge is 2.32. The second-order valence-electron chi connectivity index (χ2n) is 6.29. The van der Waals surface area contributed by atoms with Gasteiger partial charge in [0.15, 0.2) is 0 Å². The Bertz CT molecular complexity index is 694. The van der Waals surface area contributed by atoms with Crippen LogP contribution >= 0.6 is 27.5 Å². The van der Waals surface area contributed by atoms with E-state index in [9.17, 15) is 0 Å². The third-order valence-electron chi connectivity index (χ3n) is 4.12. The minimum Gasteiger partial charge on any atom is -0.492 e. The average molecular weight is 366 g/mol. The van der Waals surface area contributed by atoms with Crippen LogP contribution in [0.3, 0.4) is 0 Å². The molecule has 1 heterocycles. The topological polar surface area (TPSA) is 9.23 Å². The van der Waals surface area contributed by atoms with Crippen molar-refractivity contribution in [1.29, 1.82) is 0 Å². The van der Waals surface area contributed by atoms with Crippen LogP contribution in [0.5, 0.6) is 5.75 Å². The monoisotopic (exact) mass is 364 g/mol. The van der Waals surface area contributed by atoms with Crippen LogP contribution in [0, 0.1) is 6.92 Å². The van der Waals surface area contributed by atoms with Gasteiger partial charge in [-0.2, -0.15) is 0 Å². The summed E-state index contributed by atoms with van der Waals surface area (Å²) in [6.45, 7) is 7.29. The normalized spacial score (nSPS) is 17.2. The molecule has 0 aromatic heterocycles. The van der Waals surface area contributed by atoms with Gasteiger partial charge in [-0.25, -0.2) is 0 Å². The van der Waals surface area contributed by atoms with Crippen LogP contribution in [0.25, 0.3) is 0 Å². The zero-order valence-electron chi connectivity index (χ0n) is 12.4. The molecule has 1 aliphatic rings. The fourth-order valence-electron chi connectivity index (χ4n) is 2.80. The number of ether oxygens (including phenoxy) is 1. The molecule has 21 heavy (non-hydrogen) atoms. The van der Waals surface area contributed by atoms with E-state index in [0.717, 1.165) is 17.4 Å². The lowest BCUT2D eigenvalue weighted by atomic mass is 9.85. The molecule has 1 atom stereocenters. The predicted octanol–water partition coefficient (Wildman–Crippen LogP) is 5.80. The van der Waals surface area contributed by atoms with Crippen molar-refractivity contribution in [1.82, 2.24) is 0 Å². The first-order valence-corrected chi connectivity index (χ1v) is 8.35. The van der Waals surface area contributed by atoms with Gasteiger partial charge in [-0.3, -0.25) is 0 Å². The molecule has 0 aliphatic carbocycles. The largest absolute Gasteiger partial charge is 0.492 e. The number of hydrogen-bond acceptors (Lipinski definition) is 1. The SMILES string of the molecule is Cc1cc(Cl)ccc1C(Br)c1ccc2c(c1)C(C)(C)CO2. The number of aryl methyl sites for hydroxylation is 1. The van der Waals surface area contributed by atoms with Crippen molar-refractivity contribution in [3.8, 4) is 5.75 Å². The van der Waals surface area contributed by atoms with Gasteiger partial charge in [0.1, 0.15) is 5.75 Å². The Morgan fingerprint density at radius 3 is 2.67 bits per heavy atom. The fourth-order valence-corrected chi connectivity index (χ4v) is 3.82. The second-order valence-corrected chi connectivity index (χ2v) is 7.64. The van der Waals surface area contributed by atoms with Crippen LogP contribution in [0.4, 0.5) is 0 Å². The standard InChI is InChI=1S/C18H18BrClO/c1-11-8-13(20)5-6-14(11)17(19)12-4-7-16-15(9-12)18(2,3)10-21-16/h4-9,17H,10H2,1-3H3. The number of fused-ring (bicyclic) bond motifs is 1. The van der Waals surface area contributed by atoms with Gasteiger partial charge >= 0.3 is 0 Å². The highest BCUT2D eigenvalue weighted by molar-refractivity contribution is 9.09. The first-order valence-electron chi connectivity index (χ1n) is 7.06. The lowest BCUT2D eigenvalue weighted by Crippen LogP contribution is -2.18. The van der Waals surface area contributed by atoms with Crippen molar-refractivity contribution >= 4 is 27.5 Å². The Kier molecular flexibility index (Phi) is 3.79. The zero-order chi connectivity index (χ0) is 15.2. The van der Waals surface area contributed by atoms with E-state index >= 15 is 0 Å². The molecule has 1 unspecified atom stereocenters. The molecule has 110 valence electrons. The first kappa shape index (κ1) is 14.9. The molecule has 0 N–H and O–H groups in total. The van der Waals surface area contributed by atoms with Crippen molar-refractivity contribution in [2.24, 2.45) is 0 Å². The first-order chi connectivity index (χ1) is 9.88. The van der Waals surface area contributed by atoms with Gasteiger partial charge in [-0.1, -0.05) is 53.5 Å². The molecule has 3 heteroatoms. The molecule has 1 aliphatic heterocycles. The molecule has 2 aromatic rings. The number of benzene rings is 2. The molecule has 2 aromatic carbocycles. The second kappa shape index (κ2) is 5.33. The Balaban J connectivity index is 2.01. The van der Waals surface area contributed by atoms with Gasteiger partial charge in [0.2, 0.25) is 0 Å². The Labute approximate surface area is 139 Å². The van der Waals surface area contributed by atoms with Gasteiger partial charge in [0.25, 0.3) is 0 Å². The smallest absolute Gasteiger partial charge is 0.123 e. The molecular formula is C18H18BrClO. The minimum absolute atomic E-state index is 0.0765. The van der Waals surface area contributed by atoms with Crippen molar-refractivity contribution in [3.05, 3.63) is 63.7 Å². The molecule has 0 radical (unpaired) electrons. The van der Waals surface area contributed by atoms with Crippen LogP contribution in [-0.4, -0.2) is 6.61 Å². The third-order valence-corrected chi connectivity index (χ3v) is 5.38.